The van der Waals surface area contributed by atoms with Gasteiger partial charge in [0.05, 0.1) is 5.97 Å². The van der Waals surface area contributed by atoms with Gasteiger partial charge in [0.1, 0.15) is 0 Å². The van der Waals surface area contributed by atoms with Crippen LogP contribution in [0.5, 0.6) is 0 Å². The third kappa shape index (κ3) is 7.14. The summed E-state index contributed by atoms with van der Waals surface area (Å²) in [6.07, 6.45) is 4.11. The van der Waals surface area contributed by atoms with Crippen molar-refractivity contribution in [3.8, 4) is 11.1 Å². The summed E-state index contributed by atoms with van der Waals surface area (Å²) < 4.78 is 0. The van der Waals surface area contributed by atoms with Gasteiger partial charge in [-0.25, -0.2) is 0 Å². The minimum absolute atomic E-state index is 0. The number of aromatic carboxylic acids is 1. The Morgan fingerprint density at radius 1 is 1.09 bits per heavy atom. The summed E-state index contributed by atoms with van der Waals surface area (Å²) in [5, 5.41) is 19.2. The van der Waals surface area contributed by atoms with Gasteiger partial charge < -0.3 is 15.2 Å². The smallest absolute Gasteiger partial charge is 0.545 e. The molecule has 0 radical (unpaired) electrons. The Bertz CT molecular complexity index is 1050. The Hall–Kier alpha value is -2.25. The van der Waals surface area contributed by atoms with Crippen LogP contribution in [0.4, 0.5) is 5.69 Å². The first-order valence-electron chi connectivity index (χ1n) is 10.4. The maximum Gasteiger partial charge on any atom is 1.00 e. The van der Waals surface area contributed by atoms with Crippen LogP contribution in [-0.2, 0) is 6.42 Å². The fourth-order valence-corrected chi connectivity index (χ4v) is 3.60. The molecule has 2 aliphatic rings. The van der Waals surface area contributed by atoms with Crippen LogP contribution in [0.15, 0.2) is 65.8 Å². The van der Waals surface area contributed by atoms with Crippen molar-refractivity contribution in [3.63, 3.8) is 0 Å². The number of carbonyl (C=O) groups excluding carboxylic acids is 1. The van der Waals surface area contributed by atoms with Crippen molar-refractivity contribution in [3.05, 3.63) is 77.4 Å². The summed E-state index contributed by atoms with van der Waals surface area (Å²) in [6.45, 7) is 4.24. The normalized spacial score (nSPS) is 10.8. The number of benzene rings is 1. The van der Waals surface area contributed by atoms with E-state index in [0.29, 0.717) is 11.0 Å². The van der Waals surface area contributed by atoms with Crippen LogP contribution >= 0.6 is 12.2 Å². The number of thiocarbonyl (C=S) groups is 1. The minimum atomic E-state index is -1.14. The molecular weight excluding hydrogens is 429 g/mol. The van der Waals surface area contributed by atoms with Crippen LogP contribution in [0.2, 0.25) is 0 Å². The van der Waals surface area contributed by atoms with Crippen molar-refractivity contribution >= 4 is 35.2 Å². The molecule has 0 bridgehead atoms. The summed E-state index contributed by atoms with van der Waals surface area (Å²) >= 11 is 5.21. The number of anilines is 1. The Kier molecular flexibility index (Phi) is 10.3. The molecule has 3 rings (SSSR count). The standard InChI is InChI=1S/C25H27N3O2S.Na/c1-17(2)18-11-13-21-19(16-23(24(29)30)22(21)14-12-18)8-6-7-15-26-28-25(31)27-20-9-4-3-5-10-20;/h3-5,9-17H,6-8H2,1-2H3,(H,29,30)(H2,27,28,31);/q;+1/p-1. The van der Waals surface area contributed by atoms with E-state index >= 15 is 0 Å². The molecule has 0 aliphatic heterocycles. The molecular formula is C25H26N3NaO2S. The fraction of sp³-hybridized carbons (Fsp3) is 0.240. The van der Waals surface area contributed by atoms with Crippen molar-refractivity contribution in [2.75, 3.05) is 5.32 Å². The number of unbranched alkanes of at least 4 members (excludes halogenated alkanes) is 1. The van der Waals surface area contributed by atoms with Crippen molar-refractivity contribution < 1.29 is 39.5 Å². The predicted molar refractivity (Wildman–Crippen MR) is 129 cm³/mol. The van der Waals surface area contributed by atoms with E-state index in [9.17, 15) is 9.90 Å². The zero-order valence-electron chi connectivity index (χ0n) is 18.7. The number of fused-ring (bicyclic) bond motifs is 1. The molecule has 1 aromatic carbocycles. The number of carbonyl (C=O) groups is 1. The molecule has 0 saturated carbocycles. The van der Waals surface area contributed by atoms with Gasteiger partial charge in [-0.1, -0.05) is 56.3 Å². The fourth-order valence-electron chi connectivity index (χ4n) is 3.43. The number of nitrogens with one attached hydrogen (secondary N) is 2. The van der Waals surface area contributed by atoms with Gasteiger partial charge in [-0.3, -0.25) is 5.43 Å². The number of rotatable bonds is 8. The second-order valence-corrected chi connectivity index (χ2v) is 8.06. The van der Waals surface area contributed by atoms with E-state index in [1.165, 1.54) is 5.56 Å². The third-order valence-corrected chi connectivity index (χ3v) is 5.28. The molecule has 0 fully saturated rings. The first kappa shape index (κ1) is 26.0. The molecule has 2 aliphatic carbocycles. The number of carboxylic acid groups (broad SMARTS) is 1. The first-order valence-corrected chi connectivity index (χ1v) is 10.8. The maximum absolute atomic E-state index is 11.6. The van der Waals surface area contributed by atoms with Crippen molar-refractivity contribution in [1.29, 1.82) is 0 Å². The van der Waals surface area contributed by atoms with E-state index in [2.05, 4.69) is 35.8 Å². The summed E-state index contributed by atoms with van der Waals surface area (Å²) in [5.74, 6) is -0.767. The Morgan fingerprint density at radius 2 is 1.78 bits per heavy atom. The molecule has 1 aromatic rings. The average Bonchev–Trinajstić information content (AvgIpc) is 2.93. The summed E-state index contributed by atoms with van der Waals surface area (Å²) in [5.41, 5.74) is 7.84. The largest absolute Gasteiger partial charge is 1.00 e. The third-order valence-electron chi connectivity index (χ3n) is 5.08. The van der Waals surface area contributed by atoms with Crippen molar-refractivity contribution in [2.45, 2.75) is 39.0 Å². The van der Waals surface area contributed by atoms with Gasteiger partial charge in [0.2, 0.25) is 0 Å². The summed E-state index contributed by atoms with van der Waals surface area (Å²) in [6, 6.07) is 19.4. The zero-order chi connectivity index (χ0) is 22.2. The first-order chi connectivity index (χ1) is 15.0. The van der Waals surface area contributed by atoms with Crippen LogP contribution in [0.1, 0.15) is 54.1 Å². The number of nitrogens with zero attached hydrogens (tertiary/aromatic N) is 1. The molecule has 160 valence electrons. The van der Waals surface area contributed by atoms with Gasteiger partial charge in [-0.15, -0.1) is 0 Å². The summed E-state index contributed by atoms with van der Waals surface area (Å²) in [7, 11) is 0. The Balaban J connectivity index is 0.00000363. The average molecular weight is 456 g/mol. The molecule has 0 unspecified atom stereocenters. The van der Waals surface area contributed by atoms with Gasteiger partial charge in [0.15, 0.2) is 5.11 Å². The van der Waals surface area contributed by atoms with Crippen molar-refractivity contribution in [2.24, 2.45) is 5.10 Å². The van der Waals surface area contributed by atoms with Crippen LogP contribution in [0.25, 0.3) is 11.1 Å². The number of hydrogen-bond donors (Lipinski definition) is 2. The molecule has 0 amide bonds. The van der Waals surface area contributed by atoms with E-state index in [1.807, 2.05) is 48.5 Å². The SMILES string of the molecule is CC(C)c1ccc2c(CCCC=NNC(=S)Nc3ccccc3)cc(C(=O)[O-])c-2cc1.[Na+]. The van der Waals surface area contributed by atoms with E-state index in [-0.39, 0.29) is 35.1 Å². The van der Waals surface area contributed by atoms with E-state index in [4.69, 9.17) is 12.2 Å². The molecule has 0 heterocycles. The van der Waals surface area contributed by atoms with Crippen LogP contribution in [-0.4, -0.2) is 17.3 Å². The van der Waals surface area contributed by atoms with Crippen LogP contribution in [0, 0.1) is 0 Å². The second-order valence-electron chi connectivity index (χ2n) is 7.66. The number of carboxylic acids is 1. The summed E-state index contributed by atoms with van der Waals surface area (Å²) in [4.78, 5) is 11.6. The number of hydrazone groups is 1. The van der Waals surface area contributed by atoms with Gasteiger partial charge in [-0.05, 0) is 77.9 Å². The van der Waals surface area contributed by atoms with Crippen LogP contribution < -0.4 is 45.4 Å². The molecule has 0 aromatic heterocycles. The zero-order valence-corrected chi connectivity index (χ0v) is 21.5. The number of para-hydroxylation sites is 1. The topological polar surface area (TPSA) is 76.5 Å². The monoisotopic (exact) mass is 455 g/mol. The number of aryl methyl sites for hydroxylation is 1. The second kappa shape index (κ2) is 12.7. The molecule has 0 atom stereocenters. The minimum Gasteiger partial charge on any atom is -0.545 e. The van der Waals surface area contributed by atoms with Crippen LogP contribution in [0.3, 0.4) is 0 Å². The molecule has 5 nitrogen and oxygen atoms in total. The molecule has 7 heteroatoms. The van der Waals surface area contributed by atoms with E-state index < -0.39 is 5.97 Å². The molecule has 32 heavy (non-hydrogen) atoms. The van der Waals surface area contributed by atoms with Gasteiger partial charge in [0.25, 0.3) is 0 Å². The maximum atomic E-state index is 11.6. The van der Waals surface area contributed by atoms with E-state index in [1.54, 1.807) is 12.3 Å². The Morgan fingerprint density at radius 3 is 2.44 bits per heavy atom. The Labute approximate surface area is 217 Å². The molecule has 2 N–H and O–H groups in total. The van der Waals surface area contributed by atoms with E-state index in [0.717, 1.165) is 41.6 Å². The molecule has 0 saturated heterocycles. The van der Waals surface area contributed by atoms with Gasteiger partial charge in [-0.2, -0.15) is 5.10 Å². The number of hydrogen-bond acceptors (Lipinski definition) is 4. The quantitative estimate of drug-likeness (QED) is 0.177. The van der Waals surface area contributed by atoms with Gasteiger partial charge >= 0.3 is 29.6 Å². The molecule has 0 spiro atoms. The van der Waals surface area contributed by atoms with Crippen molar-refractivity contribution in [1.82, 2.24) is 5.43 Å². The van der Waals surface area contributed by atoms with Gasteiger partial charge in [0, 0.05) is 17.5 Å². The predicted octanol–water partition coefficient (Wildman–Crippen LogP) is 1.58.